The van der Waals surface area contributed by atoms with Crippen LogP contribution in [0.1, 0.15) is 26.5 Å². The minimum atomic E-state index is -0.334. The van der Waals surface area contributed by atoms with Gasteiger partial charge in [0.05, 0.1) is 5.69 Å². The van der Waals surface area contributed by atoms with E-state index in [-0.39, 0.29) is 11.2 Å². The average molecular weight is 344 g/mol. The largest absolute Gasteiger partial charge is 0.232 e. The third-order valence-corrected chi connectivity index (χ3v) is 3.52. The summed E-state index contributed by atoms with van der Waals surface area (Å²) in [6.07, 6.45) is 0. The van der Waals surface area contributed by atoms with Gasteiger partial charge in [0, 0.05) is 15.5 Å². The molecule has 1 aromatic heterocycles. The van der Waals surface area contributed by atoms with Gasteiger partial charge in [-0.3, -0.25) is 0 Å². The van der Waals surface area contributed by atoms with E-state index < -0.39 is 0 Å². The van der Waals surface area contributed by atoms with Crippen molar-refractivity contribution in [2.75, 3.05) is 0 Å². The van der Waals surface area contributed by atoms with Gasteiger partial charge in [-0.1, -0.05) is 48.3 Å². The lowest BCUT2D eigenvalue weighted by atomic mass is 9.92. The zero-order valence-electron chi connectivity index (χ0n) is 10.8. The first kappa shape index (κ1) is 14.4. The molecule has 2 rings (SSSR count). The third kappa shape index (κ3) is 3.31. The highest BCUT2D eigenvalue weighted by atomic mass is 79.9. The van der Waals surface area contributed by atoms with Gasteiger partial charge < -0.3 is 0 Å². The minimum Gasteiger partial charge on any atom is -0.232 e. The van der Waals surface area contributed by atoms with Crippen molar-refractivity contribution in [3.8, 4) is 11.4 Å². The van der Waals surface area contributed by atoms with Crippen LogP contribution in [0.15, 0.2) is 28.7 Å². The van der Waals surface area contributed by atoms with E-state index in [0.717, 1.165) is 10.2 Å². The number of halogens is 3. The summed E-state index contributed by atoms with van der Waals surface area (Å²) in [7, 11) is 0. The van der Waals surface area contributed by atoms with Crippen molar-refractivity contribution in [1.82, 2.24) is 9.97 Å². The molecule has 0 saturated heterocycles. The molecule has 19 heavy (non-hydrogen) atoms. The zero-order chi connectivity index (χ0) is 14.2. The van der Waals surface area contributed by atoms with E-state index in [9.17, 15) is 4.39 Å². The Morgan fingerprint density at radius 1 is 1.16 bits per heavy atom. The Morgan fingerprint density at radius 2 is 1.84 bits per heavy atom. The third-order valence-electron chi connectivity index (χ3n) is 2.63. The van der Waals surface area contributed by atoms with Crippen molar-refractivity contribution in [2.45, 2.75) is 26.2 Å². The zero-order valence-corrected chi connectivity index (χ0v) is 13.2. The van der Waals surface area contributed by atoms with Gasteiger partial charge in [0.2, 0.25) is 0 Å². The monoisotopic (exact) mass is 342 g/mol. The second-order valence-electron chi connectivity index (χ2n) is 5.27. The van der Waals surface area contributed by atoms with Crippen LogP contribution >= 0.6 is 27.5 Å². The maximum absolute atomic E-state index is 13.4. The normalized spacial score (nSPS) is 11.7. The maximum atomic E-state index is 13.4. The highest BCUT2D eigenvalue weighted by Crippen LogP contribution is 2.30. The quantitative estimate of drug-likeness (QED) is 0.681. The van der Waals surface area contributed by atoms with Crippen molar-refractivity contribution in [1.29, 1.82) is 0 Å². The van der Waals surface area contributed by atoms with Crippen LogP contribution in [0.4, 0.5) is 4.39 Å². The number of hydrogen-bond donors (Lipinski definition) is 0. The second-order valence-corrected chi connectivity index (χ2v) is 6.52. The molecule has 1 aromatic carbocycles. The molecular weight excluding hydrogens is 331 g/mol. The molecule has 0 amide bonds. The van der Waals surface area contributed by atoms with E-state index in [0.29, 0.717) is 16.5 Å². The first-order chi connectivity index (χ1) is 8.77. The van der Waals surface area contributed by atoms with Crippen LogP contribution in [0.5, 0.6) is 0 Å². The average Bonchev–Trinajstić information content (AvgIpc) is 2.30. The van der Waals surface area contributed by atoms with Crippen LogP contribution < -0.4 is 0 Å². The number of benzene rings is 1. The minimum absolute atomic E-state index is 0.152. The Bertz CT molecular complexity index is 623. The standard InChI is InChI=1S/C14H13BrClFN2/c1-14(2,3)11-7-12(16)19-13(18-11)9-6-8(17)4-5-10(9)15/h4-7H,1-3H3. The lowest BCUT2D eigenvalue weighted by molar-refractivity contribution is 0.568. The predicted molar refractivity (Wildman–Crippen MR) is 78.8 cm³/mol. The van der Waals surface area contributed by atoms with Gasteiger partial charge in [-0.25, -0.2) is 14.4 Å². The Balaban J connectivity index is 2.63. The smallest absolute Gasteiger partial charge is 0.162 e. The van der Waals surface area contributed by atoms with E-state index in [2.05, 4.69) is 25.9 Å². The first-order valence-electron chi connectivity index (χ1n) is 5.78. The molecule has 0 saturated carbocycles. The Hall–Kier alpha value is -1.000. The molecular formula is C14H13BrClFN2. The topological polar surface area (TPSA) is 25.8 Å². The summed E-state index contributed by atoms with van der Waals surface area (Å²) >= 11 is 9.41. The van der Waals surface area contributed by atoms with Crippen LogP contribution in [-0.2, 0) is 5.41 Å². The molecule has 5 heteroatoms. The van der Waals surface area contributed by atoms with Crippen molar-refractivity contribution in [3.63, 3.8) is 0 Å². The lowest BCUT2D eigenvalue weighted by Crippen LogP contribution is -2.14. The van der Waals surface area contributed by atoms with Crippen molar-refractivity contribution < 1.29 is 4.39 Å². The highest BCUT2D eigenvalue weighted by molar-refractivity contribution is 9.10. The van der Waals surface area contributed by atoms with Crippen LogP contribution in [0.25, 0.3) is 11.4 Å². The van der Waals surface area contributed by atoms with Crippen molar-refractivity contribution >= 4 is 27.5 Å². The molecule has 0 spiro atoms. The van der Waals surface area contributed by atoms with Gasteiger partial charge in [-0.05, 0) is 24.3 Å². The summed E-state index contributed by atoms with van der Waals surface area (Å²) in [6, 6.07) is 6.13. The summed E-state index contributed by atoms with van der Waals surface area (Å²) in [5.74, 6) is 0.0860. The summed E-state index contributed by atoms with van der Waals surface area (Å²) in [5.41, 5.74) is 1.26. The fraction of sp³-hybridized carbons (Fsp3) is 0.286. The highest BCUT2D eigenvalue weighted by Gasteiger charge is 2.19. The summed E-state index contributed by atoms with van der Waals surface area (Å²) in [6.45, 7) is 6.11. The van der Waals surface area contributed by atoms with Gasteiger partial charge in [0.15, 0.2) is 5.82 Å². The molecule has 2 aromatic rings. The Labute approximate surface area is 125 Å². The molecule has 1 heterocycles. The summed E-state index contributed by atoms with van der Waals surface area (Å²) in [4.78, 5) is 8.66. The SMILES string of the molecule is CC(C)(C)c1cc(Cl)nc(-c2cc(F)ccc2Br)n1. The van der Waals surface area contributed by atoms with Crippen molar-refractivity contribution in [2.24, 2.45) is 0 Å². The van der Waals surface area contributed by atoms with E-state index in [1.165, 1.54) is 12.1 Å². The van der Waals surface area contributed by atoms with E-state index in [1.54, 1.807) is 12.1 Å². The summed E-state index contributed by atoms with van der Waals surface area (Å²) < 4.78 is 14.1. The van der Waals surface area contributed by atoms with E-state index >= 15 is 0 Å². The molecule has 0 unspecified atom stereocenters. The number of aromatic nitrogens is 2. The molecule has 0 atom stereocenters. The number of hydrogen-bond acceptors (Lipinski definition) is 2. The van der Waals surface area contributed by atoms with Crippen molar-refractivity contribution in [3.05, 3.63) is 45.4 Å². The van der Waals surface area contributed by atoms with Gasteiger partial charge in [0.1, 0.15) is 11.0 Å². The molecule has 0 aliphatic rings. The van der Waals surface area contributed by atoms with Gasteiger partial charge in [0.25, 0.3) is 0 Å². The molecule has 0 bridgehead atoms. The lowest BCUT2D eigenvalue weighted by Gasteiger charge is -2.18. The predicted octanol–water partition coefficient (Wildman–Crippen LogP) is 5.00. The molecule has 0 aliphatic heterocycles. The van der Waals surface area contributed by atoms with Crippen LogP contribution in [0.2, 0.25) is 5.15 Å². The molecule has 0 fully saturated rings. The summed E-state index contributed by atoms with van der Waals surface area (Å²) in [5, 5.41) is 0.353. The van der Waals surface area contributed by atoms with E-state index in [4.69, 9.17) is 11.6 Å². The van der Waals surface area contributed by atoms with Crippen LogP contribution in [0.3, 0.4) is 0 Å². The molecule has 0 aliphatic carbocycles. The van der Waals surface area contributed by atoms with Gasteiger partial charge in [-0.2, -0.15) is 0 Å². The fourth-order valence-electron chi connectivity index (χ4n) is 1.59. The Morgan fingerprint density at radius 3 is 2.47 bits per heavy atom. The number of rotatable bonds is 1. The number of nitrogens with zero attached hydrogens (tertiary/aromatic N) is 2. The molecule has 0 radical (unpaired) electrons. The molecule has 0 N–H and O–H groups in total. The van der Waals surface area contributed by atoms with E-state index in [1.807, 2.05) is 20.8 Å². The fourth-order valence-corrected chi connectivity index (χ4v) is 2.20. The maximum Gasteiger partial charge on any atom is 0.162 e. The Kier molecular flexibility index (Phi) is 3.92. The molecule has 2 nitrogen and oxygen atoms in total. The van der Waals surface area contributed by atoms with Gasteiger partial charge in [-0.15, -0.1) is 0 Å². The molecule has 100 valence electrons. The second kappa shape index (κ2) is 5.17. The van der Waals surface area contributed by atoms with Crippen LogP contribution in [-0.4, -0.2) is 9.97 Å². The first-order valence-corrected chi connectivity index (χ1v) is 6.95. The van der Waals surface area contributed by atoms with Gasteiger partial charge >= 0.3 is 0 Å². The van der Waals surface area contributed by atoms with Crippen LogP contribution in [0, 0.1) is 5.82 Å².